The van der Waals surface area contributed by atoms with E-state index >= 15 is 0 Å². The number of rotatable bonds is 6. The molecule has 0 fully saturated rings. The molecule has 0 aromatic heterocycles. The van der Waals surface area contributed by atoms with Crippen molar-refractivity contribution >= 4 is 17.9 Å². The average molecular weight is 275 g/mol. The van der Waals surface area contributed by atoms with Crippen LogP contribution < -0.4 is 4.74 Å². The van der Waals surface area contributed by atoms with Gasteiger partial charge in [0.05, 0.1) is 22.5 Å². The molecule has 0 atom stereocenters. The lowest BCUT2D eigenvalue weighted by atomic mass is 10.0. The van der Waals surface area contributed by atoms with E-state index in [-0.39, 0.29) is 6.29 Å². The Morgan fingerprint density at radius 1 is 1.53 bits per heavy atom. The average Bonchev–Trinajstić information content (AvgIpc) is 2.27. The molecule has 0 radical (unpaired) electrons. The lowest BCUT2D eigenvalue weighted by Gasteiger charge is -2.10. The summed E-state index contributed by atoms with van der Waals surface area (Å²) >= 11 is 0. The van der Waals surface area contributed by atoms with Gasteiger partial charge in [-0.3, -0.25) is 19.7 Å². The largest absolute Gasteiger partial charge is 0.481 e. The molecule has 0 bridgehead atoms. The second-order valence-corrected chi connectivity index (χ2v) is 3.30. The lowest BCUT2D eigenvalue weighted by molar-refractivity contribution is -0.385. The zero-order valence-corrected chi connectivity index (χ0v) is 9.21. The Morgan fingerprint density at radius 3 is 2.58 bits per heavy atom. The van der Waals surface area contributed by atoms with Gasteiger partial charge < -0.3 is 9.84 Å². The first-order valence-electron chi connectivity index (χ1n) is 4.78. The number of carboxylic acid groups (broad SMARTS) is 1. The first kappa shape index (κ1) is 14.5. The van der Waals surface area contributed by atoms with Gasteiger partial charge in [0.25, 0.3) is 5.69 Å². The van der Waals surface area contributed by atoms with Crippen molar-refractivity contribution in [1.29, 1.82) is 0 Å². The topological polar surface area (TPSA) is 107 Å². The fourth-order valence-electron chi connectivity index (χ4n) is 1.47. The number of aldehydes is 1. The zero-order valence-electron chi connectivity index (χ0n) is 9.21. The normalized spacial score (nSPS) is 10.3. The Morgan fingerprint density at radius 2 is 2.16 bits per heavy atom. The van der Waals surface area contributed by atoms with Crippen LogP contribution >= 0.6 is 0 Å². The van der Waals surface area contributed by atoms with Crippen LogP contribution in [0.25, 0.3) is 0 Å². The highest BCUT2D eigenvalue weighted by molar-refractivity contribution is 5.87. The van der Waals surface area contributed by atoms with E-state index in [1.165, 1.54) is 0 Å². The van der Waals surface area contributed by atoms with Crippen molar-refractivity contribution in [2.45, 2.75) is 13.0 Å². The number of carbonyl (C=O) groups excluding carboxylic acids is 1. The molecule has 0 aliphatic rings. The standard InChI is InChI=1S/C10H7F2NO6/c11-10(12)19-8-2-1-7(13(17)18)5(3-9(15)16)6(8)4-14/h1-2,4,10H,3H2,(H,15,16). The molecule has 0 saturated carbocycles. The number of halogens is 2. The number of aliphatic carboxylic acids is 1. The number of alkyl halides is 2. The van der Waals surface area contributed by atoms with Crippen molar-refractivity contribution in [3.8, 4) is 5.75 Å². The number of nitrogens with zero attached hydrogens (tertiary/aromatic N) is 1. The molecule has 0 heterocycles. The molecule has 0 aliphatic heterocycles. The molecule has 0 spiro atoms. The maximum absolute atomic E-state index is 12.1. The summed E-state index contributed by atoms with van der Waals surface area (Å²) in [5.74, 6) is -2.05. The molecule has 1 N–H and O–H groups in total. The van der Waals surface area contributed by atoms with E-state index < -0.39 is 46.5 Å². The van der Waals surface area contributed by atoms with Gasteiger partial charge in [-0.05, 0) is 6.07 Å². The summed E-state index contributed by atoms with van der Waals surface area (Å²) < 4.78 is 28.2. The third kappa shape index (κ3) is 3.44. The van der Waals surface area contributed by atoms with Gasteiger partial charge in [-0.15, -0.1) is 0 Å². The van der Waals surface area contributed by atoms with Gasteiger partial charge in [0.2, 0.25) is 0 Å². The molecule has 0 unspecified atom stereocenters. The second kappa shape index (κ2) is 5.85. The highest BCUT2D eigenvalue weighted by Crippen LogP contribution is 2.30. The molecule has 102 valence electrons. The van der Waals surface area contributed by atoms with Gasteiger partial charge in [-0.2, -0.15) is 8.78 Å². The third-order valence-electron chi connectivity index (χ3n) is 2.15. The van der Waals surface area contributed by atoms with Crippen molar-refractivity contribution in [3.63, 3.8) is 0 Å². The molecular weight excluding hydrogens is 268 g/mol. The molecule has 0 amide bonds. The molecule has 7 nitrogen and oxygen atoms in total. The Kier molecular flexibility index (Phi) is 4.46. The summed E-state index contributed by atoms with van der Waals surface area (Å²) in [4.78, 5) is 31.3. The van der Waals surface area contributed by atoms with Crippen LogP contribution in [0.5, 0.6) is 5.75 Å². The summed E-state index contributed by atoms with van der Waals surface area (Å²) in [6.45, 7) is -3.24. The van der Waals surface area contributed by atoms with E-state index in [2.05, 4.69) is 4.74 Å². The minimum absolute atomic E-state index is 0.0446. The predicted molar refractivity (Wildman–Crippen MR) is 56.5 cm³/mol. The zero-order chi connectivity index (χ0) is 14.6. The number of nitro groups is 1. The molecule has 9 heteroatoms. The van der Waals surface area contributed by atoms with Gasteiger partial charge in [0, 0.05) is 6.07 Å². The number of hydrogen-bond donors (Lipinski definition) is 1. The van der Waals surface area contributed by atoms with Crippen molar-refractivity contribution in [3.05, 3.63) is 33.4 Å². The third-order valence-corrected chi connectivity index (χ3v) is 2.15. The van der Waals surface area contributed by atoms with E-state index in [1.807, 2.05) is 0 Å². The quantitative estimate of drug-likeness (QED) is 0.480. The number of carboxylic acids is 1. The first-order chi connectivity index (χ1) is 8.86. The Hall–Kier alpha value is -2.58. The van der Waals surface area contributed by atoms with E-state index in [9.17, 15) is 28.5 Å². The van der Waals surface area contributed by atoms with Crippen LogP contribution in [-0.2, 0) is 11.2 Å². The Balaban J connectivity index is 3.44. The van der Waals surface area contributed by atoms with Gasteiger partial charge in [0.1, 0.15) is 5.75 Å². The summed E-state index contributed by atoms with van der Waals surface area (Å²) in [5.41, 5.74) is -1.70. The lowest BCUT2D eigenvalue weighted by Crippen LogP contribution is -2.11. The molecule has 1 rings (SSSR count). The summed E-state index contributed by atoms with van der Waals surface area (Å²) in [7, 11) is 0. The summed E-state index contributed by atoms with van der Waals surface area (Å²) in [6, 6.07) is 1.63. The van der Waals surface area contributed by atoms with Crippen LogP contribution in [0.2, 0.25) is 0 Å². The number of nitro benzene ring substituents is 1. The number of hydrogen-bond acceptors (Lipinski definition) is 5. The van der Waals surface area contributed by atoms with Crippen molar-refractivity contribution in [2.75, 3.05) is 0 Å². The van der Waals surface area contributed by atoms with Crippen molar-refractivity contribution in [2.24, 2.45) is 0 Å². The molecule has 0 aliphatic carbocycles. The van der Waals surface area contributed by atoms with E-state index in [4.69, 9.17) is 5.11 Å². The van der Waals surface area contributed by atoms with Crippen molar-refractivity contribution < 1.29 is 33.1 Å². The summed E-state index contributed by atoms with van der Waals surface area (Å²) in [6.07, 6.45) is -0.812. The first-order valence-corrected chi connectivity index (χ1v) is 4.78. The van der Waals surface area contributed by atoms with Crippen LogP contribution in [-0.4, -0.2) is 28.9 Å². The van der Waals surface area contributed by atoms with Crippen LogP contribution in [0.15, 0.2) is 12.1 Å². The van der Waals surface area contributed by atoms with Gasteiger partial charge >= 0.3 is 12.6 Å². The fraction of sp³-hybridized carbons (Fsp3) is 0.200. The summed E-state index contributed by atoms with van der Waals surface area (Å²) in [5, 5.41) is 19.4. The van der Waals surface area contributed by atoms with E-state index in [0.29, 0.717) is 0 Å². The van der Waals surface area contributed by atoms with Gasteiger partial charge in [0.15, 0.2) is 6.29 Å². The van der Waals surface area contributed by atoms with E-state index in [0.717, 1.165) is 12.1 Å². The monoisotopic (exact) mass is 275 g/mol. The fourth-order valence-corrected chi connectivity index (χ4v) is 1.47. The SMILES string of the molecule is O=Cc1c(OC(F)F)ccc([N+](=O)[O-])c1CC(=O)O. The highest BCUT2D eigenvalue weighted by atomic mass is 19.3. The maximum Gasteiger partial charge on any atom is 0.387 e. The van der Waals surface area contributed by atoms with Gasteiger partial charge in [-0.1, -0.05) is 0 Å². The minimum atomic E-state index is -3.24. The number of carbonyl (C=O) groups is 2. The number of benzene rings is 1. The highest BCUT2D eigenvalue weighted by Gasteiger charge is 2.24. The molecule has 1 aromatic carbocycles. The second-order valence-electron chi connectivity index (χ2n) is 3.30. The molecule has 19 heavy (non-hydrogen) atoms. The van der Waals surface area contributed by atoms with Gasteiger partial charge in [-0.25, -0.2) is 0 Å². The van der Waals surface area contributed by atoms with Crippen LogP contribution in [0.1, 0.15) is 15.9 Å². The van der Waals surface area contributed by atoms with Crippen LogP contribution in [0.3, 0.4) is 0 Å². The maximum atomic E-state index is 12.1. The predicted octanol–water partition coefficient (Wildman–Crippen LogP) is 1.64. The smallest absolute Gasteiger partial charge is 0.387 e. The van der Waals surface area contributed by atoms with E-state index in [1.54, 1.807) is 0 Å². The molecular formula is C10H7F2NO6. The molecule has 0 saturated heterocycles. The van der Waals surface area contributed by atoms with Crippen molar-refractivity contribution in [1.82, 2.24) is 0 Å². The Bertz CT molecular complexity index is 531. The molecule has 1 aromatic rings. The minimum Gasteiger partial charge on any atom is -0.481 e. The van der Waals surface area contributed by atoms with Crippen LogP contribution in [0.4, 0.5) is 14.5 Å². The van der Waals surface area contributed by atoms with Crippen LogP contribution in [0, 0.1) is 10.1 Å². The number of ether oxygens (including phenoxy) is 1. The Labute approximate surface area is 104 Å².